The molecular formula is C20H23N5OS. The van der Waals surface area contributed by atoms with Gasteiger partial charge < -0.3 is 9.88 Å². The molecule has 1 aromatic carbocycles. The molecule has 1 aliphatic heterocycles. The predicted octanol–water partition coefficient (Wildman–Crippen LogP) is 3.90. The summed E-state index contributed by atoms with van der Waals surface area (Å²) in [4.78, 5) is 17.5. The fraction of sp³-hybridized carbons (Fsp3) is 0.400. The van der Waals surface area contributed by atoms with E-state index in [-0.39, 0.29) is 5.91 Å². The molecule has 3 aromatic rings. The van der Waals surface area contributed by atoms with Gasteiger partial charge in [0.05, 0.1) is 10.7 Å². The van der Waals surface area contributed by atoms with Crippen LogP contribution >= 0.6 is 11.3 Å². The summed E-state index contributed by atoms with van der Waals surface area (Å²) in [6.07, 6.45) is 2.94. The van der Waals surface area contributed by atoms with Crippen LogP contribution in [0, 0.1) is 13.8 Å². The van der Waals surface area contributed by atoms with E-state index in [1.54, 1.807) is 0 Å². The first-order chi connectivity index (χ1) is 13.0. The number of rotatable bonds is 4. The summed E-state index contributed by atoms with van der Waals surface area (Å²) in [6.45, 7) is 6.83. The quantitative estimate of drug-likeness (QED) is 0.744. The zero-order chi connectivity index (χ0) is 19.0. The minimum atomic E-state index is -0.0924. The number of hydrogen-bond acceptors (Lipinski definition) is 5. The Morgan fingerprint density at radius 2 is 2.04 bits per heavy atom. The Hall–Kier alpha value is -2.54. The molecule has 0 fully saturated rings. The fourth-order valence-electron chi connectivity index (χ4n) is 3.69. The predicted molar refractivity (Wildman–Crippen MR) is 106 cm³/mol. The second-order valence-electron chi connectivity index (χ2n) is 6.96. The van der Waals surface area contributed by atoms with Gasteiger partial charge in [0, 0.05) is 31.0 Å². The largest absolute Gasteiger partial charge is 0.321 e. The van der Waals surface area contributed by atoms with Crippen LogP contribution in [0.15, 0.2) is 24.3 Å². The summed E-state index contributed by atoms with van der Waals surface area (Å²) >= 11 is 1.43. The lowest BCUT2D eigenvalue weighted by molar-refractivity contribution is 0.103. The summed E-state index contributed by atoms with van der Waals surface area (Å²) < 4.78 is 2.26. The van der Waals surface area contributed by atoms with Gasteiger partial charge in [-0.3, -0.25) is 4.79 Å². The number of carbonyl (C=O) groups is 1. The molecule has 0 unspecified atom stereocenters. The average Bonchev–Trinajstić information content (AvgIpc) is 3.23. The molecular weight excluding hydrogens is 358 g/mol. The third-order valence-electron chi connectivity index (χ3n) is 5.09. The van der Waals surface area contributed by atoms with Crippen LogP contribution in [0.3, 0.4) is 0 Å². The van der Waals surface area contributed by atoms with Gasteiger partial charge in [-0.1, -0.05) is 19.1 Å². The maximum absolute atomic E-state index is 12.5. The SMILES string of the molecule is CCc1nnc2n1C[C@H](c1ccc(NC(=O)c3sc(C)nc3C)cc1)CC2. The minimum absolute atomic E-state index is 0.0924. The van der Waals surface area contributed by atoms with Crippen molar-refractivity contribution < 1.29 is 4.79 Å². The molecule has 0 spiro atoms. The van der Waals surface area contributed by atoms with Crippen LogP contribution in [0.5, 0.6) is 0 Å². The molecule has 1 aliphatic rings. The minimum Gasteiger partial charge on any atom is -0.321 e. The van der Waals surface area contributed by atoms with Crippen molar-refractivity contribution in [1.29, 1.82) is 0 Å². The van der Waals surface area contributed by atoms with Crippen LogP contribution in [0.25, 0.3) is 0 Å². The molecule has 1 amide bonds. The number of thiazole rings is 1. The number of hydrogen-bond donors (Lipinski definition) is 1. The van der Waals surface area contributed by atoms with Gasteiger partial charge in [0.1, 0.15) is 16.5 Å². The lowest BCUT2D eigenvalue weighted by Gasteiger charge is -2.24. The van der Waals surface area contributed by atoms with E-state index in [1.807, 2.05) is 26.0 Å². The van der Waals surface area contributed by atoms with Gasteiger partial charge in [0.2, 0.25) is 0 Å². The highest BCUT2D eigenvalue weighted by Gasteiger charge is 2.23. The molecule has 0 aliphatic carbocycles. The molecule has 6 nitrogen and oxygen atoms in total. The number of amides is 1. The number of benzene rings is 1. The first kappa shape index (κ1) is 17.9. The van der Waals surface area contributed by atoms with Crippen molar-refractivity contribution in [1.82, 2.24) is 19.7 Å². The number of anilines is 1. The molecule has 3 heterocycles. The molecule has 2 aromatic heterocycles. The summed E-state index contributed by atoms with van der Waals surface area (Å²) in [5.41, 5.74) is 2.88. The molecule has 27 heavy (non-hydrogen) atoms. The molecule has 0 saturated heterocycles. The van der Waals surface area contributed by atoms with Crippen LogP contribution in [0.4, 0.5) is 5.69 Å². The highest BCUT2D eigenvalue weighted by Crippen LogP contribution is 2.30. The van der Waals surface area contributed by atoms with Crippen LogP contribution in [0.1, 0.15) is 56.8 Å². The van der Waals surface area contributed by atoms with Gasteiger partial charge in [0.15, 0.2) is 0 Å². The number of fused-ring (bicyclic) bond motifs is 1. The van der Waals surface area contributed by atoms with Gasteiger partial charge in [-0.15, -0.1) is 21.5 Å². The van der Waals surface area contributed by atoms with E-state index in [1.165, 1.54) is 16.9 Å². The zero-order valence-corrected chi connectivity index (χ0v) is 16.6. The number of aromatic nitrogens is 4. The maximum Gasteiger partial charge on any atom is 0.267 e. The monoisotopic (exact) mass is 381 g/mol. The van der Waals surface area contributed by atoms with Gasteiger partial charge in [-0.25, -0.2) is 4.98 Å². The van der Waals surface area contributed by atoms with Gasteiger partial charge in [0.25, 0.3) is 5.91 Å². The van der Waals surface area contributed by atoms with Crippen LogP contribution < -0.4 is 5.32 Å². The number of nitrogens with one attached hydrogen (secondary N) is 1. The zero-order valence-electron chi connectivity index (χ0n) is 15.8. The fourth-order valence-corrected chi connectivity index (χ4v) is 4.50. The molecule has 1 N–H and O–H groups in total. The molecule has 7 heteroatoms. The van der Waals surface area contributed by atoms with Gasteiger partial charge in [-0.2, -0.15) is 0 Å². The van der Waals surface area contributed by atoms with E-state index < -0.39 is 0 Å². The van der Waals surface area contributed by atoms with Crippen LogP contribution in [-0.4, -0.2) is 25.7 Å². The lowest BCUT2D eigenvalue weighted by Crippen LogP contribution is -2.20. The molecule has 4 rings (SSSR count). The summed E-state index contributed by atoms with van der Waals surface area (Å²) in [7, 11) is 0. The second-order valence-corrected chi connectivity index (χ2v) is 8.16. The first-order valence-electron chi connectivity index (χ1n) is 9.31. The van der Waals surface area contributed by atoms with E-state index >= 15 is 0 Å². The Morgan fingerprint density at radius 3 is 2.70 bits per heavy atom. The summed E-state index contributed by atoms with van der Waals surface area (Å²) in [5.74, 6) is 2.52. The van der Waals surface area contributed by atoms with E-state index in [0.717, 1.165) is 53.8 Å². The van der Waals surface area contributed by atoms with Crippen LogP contribution in [0.2, 0.25) is 0 Å². The second kappa shape index (κ2) is 7.23. The standard InChI is InChI=1S/C20H23N5OS/c1-4-17-23-24-18-10-7-15(11-25(17)18)14-5-8-16(9-6-14)22-20(26)19-12(2)21-13(3)27-19/h5-6,8-9,15H,4,7,10-11H2,1-3H3,(H,22,26)/t15-/m1/s1. The molecule has 0 bridgehead atoms. The average molecular weight is 382 g/mol. The highest BCUT2D eigenvalue weighted by molar-refractivity contribution is 7.13. The number of nitrogens with zero attached hydrogens (tertiary/aromatic N) is 4. The van der Waals surface area contributed by atoms with E-state index in [4.69, 9.17) is 0 Å². The van der Waals surface area contributed by atoms with Gasteiger partial charge >= 0.3 is 0 Å². The van der Waals surface area contributed by atoms with E-state index in [0.29, 0.717) is 10.8 Å². The topological polar surface area (TPSA) is 72.7 Å². The third kappa shape index (κ3) is 3.51. The summed E-state index contributed by atoms with van der Waals surface area (Å²) in [5, 5.41) is 12.5. The number of carbonyl (C=O) groups excluding carboxylic acids is 1. The lowest BCUT2D eigenvalue weighted by atomic mass is 9.91. The van der Waals surface area contributed by atoms with Crippen molar-refractivity contribution in [2.75, 3.05) is 5.32 Å². The van der Waals surface area contributed by atoms with Crippen molar-refractivity contribution in [2.24, 2.45) is 0 Å². The van der Waals surface area contributed by atoms with Crippen molar-refractivity contribution in [2.45, 2.75) is 52.5 Å². The van der Waals surface area contributed by atoms with Crippen molar-refractivity contribution in [3.8, 4) is 0 Å². The normalized spacial score (nSPS) is 16.2. The maximum atomic E-state index is 12.5. The Balaban J connectivity index is 1.46. The van der Waals surface area contributed by atoms with Crippen LogP contribution in [-0.2, 0) is 19.4 Å². The van der Waals surface area contributed by atoms with E-state index in [9.17, 15) is 4.79 Å². The molecule has 0 radical (unpaired) electrons. The number of aryl methyl sites for hydroxylation is 4. The third-order valence-corrected chi connectivity index (χ3v) is 6.16. The Morgan fingerprint density at radius 1 is 1.26 bits per heavy atom. The highest BCUT2D eigenvalue weighted by atomic mass is 32.1. The Kier molecular flexibility index (Phi) is 4.78. The Labute approximate surface area is 162 Å². The Bertz CT molecular complexity index is 959. The van der Waals surface area contributed by atoms with Crippen molar-refractivity contribution in [3.63, 3.8) is 0 Å². The van der Waals surface area contributed by atoms with E-state index in [2.05, 4.69) is 44.1 Å². The molecule has 0 saturated carbocycles. The summed E-state index contributed by atoms with van der Waals surface area (Å²) in [6, 6.07) is 8.20. The smallest absolute Gasteiger partial charge is 0.267 e. The molecule has 1 atom stereocenters. The first-order valence-corrected chi connectivity index (χ1v) is 10.1. The van der Waals surface area contributed by atoms with Crippen molar-refractivity contribution >= 4 is 22.9 Å². The molecule has 140 valence electrons. The van der Waals surface area contributed by atoms with Crippen molar-refractivity contribution in [3.05, 3.63) is 57.1 Å². The van der Waals surface area contributed by atoms with Gasteiger partial charge in [-0.05, 0) is 38.0 Å².